The molecule has 1 atom stereocenters. The average molecular weight is 243 g/mol. The summed E-state index contributed by atoms with van der Waals surface area (Å²) in [5, 5.41) is 0. The van der Waals surface area contributed by atoms with Gasteiger partial charge in [-0.15, -0.1) is 0 Å². The fraction of sp³-hybridized carbons (Fsp3) is 0.357. The molecule has 92 valence electrons. The fourth-order valence-electron chi connectivity index (χ4n) is 2.67. The molecule has 3 aliphatic rings. The van der Waals surface area contributed by atoms with Gasteiger partial charge in [0.05, 0.1) is 6.04 Å². The maximum atomic E-state index is 12.2. The minimum absolute atomic E-state index is 0.0589. The molecular weight excluding hydrogens is 230 g/mol. The van der Waals surface area contributed by atoms with Crippen LogP contribution in [0.3, 0.4) is 0 Å². The summed E-state index contributed by atoms with van der Waals surface area (Å²) in [5.74, 6) is -0.657. The van der Waals surface area contributed by atoms with E-state index < -0.39 is 0 Å². The van der Waals surface area contributed by atoms with Gasteiger partial charge in [0.1, 0.15) is 0 Å². The molecule has 0 aromatic heterocycles. The van der Waals surface area contributed by atoms with Crippen LogP contribution in [0, 0.1) is 0 Å². The zero-order chi connectivity index (χ0) is 12.7. The summed E-state index contributed by atoms with van der Waals surface area (Å²) in [6, 6.07) is -0.146. The van der Waals surface area contributed by atoms with Crippen LogP contribution in [0.1, 0.15) is 25.7 Å². The Balaban J connectivity index is 1.93. The molecule has 0 N–H and O–H groups in total. The summed E-state index contributed by atoms with van der Waals surface area (Å²) in [4.78, 5) is 37.1. The highest BCUT2D eigenvalue weighted by molar-refractivity contribution is 6.24. The Bertz CT molecular complexity index is 539. The van der Waals surface area contributed by atoms with Crippen LogP contribution in [-0.4, -0.2) is 28.5 Å². The van der Waals surface area contributed by atoms with Crippen molar-refractivity contribution in [3.05, 3.63) is 35.5 Å². The molecule has 0 aromatic carbocycles. The zero-order valence-corrected chi connectivity index (χ0v) is 9.89. The van der Waals surface area contributed by atoms with E-state index in [2.05, 4.69) is 0 Å². The second-order valence-corrected chi connectivity index (χ2v) is 4.78. The van der Waals surface area contributed by atoms with Gasteiger partial charge in [0.15, 0.2) is 5.78 Å². The lowest BCUT2D eigenvalue weighted by atomic mass is 9.99. The quantitative estimate of drug-likeness (QED) is 0.515. The number of hydrogen-bond acceptors (Lipinski definition) is 3. The van der Waals surface area contributed by atoms with Crippen molar-refractivity contribution in [2.75, 3.05) is 0 Å². The average Bonchev–Trinajstić information content (AvgIpc) is 2.63. The van der Waals surface area contributed by atoms with E-state index in [9.17, 15) is 14.4 Å². The van der Waals surface area contributed by atoms with Crippen molar-refractivity contribution in [1.82, 2.24) is 4.90 Å². The molecule has 1 unspecified atom stereocenters. The van der Waals surface area contributed by atoms with Crippen LogP contribution in [0.15, 0.2) is 35.5 Å². The van der Waals surface area contributed by atoms with Crippen molar-refractivity contribution in [3.8, 4) is 0 Å². The molecule has 1 aliphatic heterocycles. The molecule has 2 amide bonds. The standard InChI is InChI=1S/C14H13NO3/c16-10-6-7-11-12(8-10)14(18)15(13(11)17)9-4-2-1-3-5-9/h2,4,6-7,9H,1,3,5,8H2. The van der Waals surface area contributed by atoms with Gasteiger partial charge in [-0.3, -0.25) is 19.3 Å². The van der Waals surface area contributed by atoms with Gasteiger partial charge in [-0.2, -0.15) is 0 Å². The highest BCUT2D eigenvalue weighted by atomic mass is 16.2. The van der Waals surface area contributed by atoms with Gasteiger partial charge in [0.25, 0.3) is 11.8 Å². The first-order valence-electron chi connectivity index (χ1n) is 6.17. The van der Waals surface area contributed by atoms with Crippen LogP contribution in [0.25, 0.3) is 0 Å². The molecule has 0 saturated heterocycles. The Kier molecular flexibility index (Phi) is 2.51. The lowest BCUT2D eigenvalue weighted by molar-refractivity contribution is -0.139. The minimum atomic E-state index is -0.288. The van der Waals surface area contributed by atoms with Crippen LogP contribution < -0.4 is 0 Å². The first-order valence-corrected chi connectivity index (χ1v) is 6.17. The van der Waals surface area contributed by atoms with E-state index in [0.29, 0.717) is 11.1 Å². The fourth-order valence-corrected chi connectivity index (χ4v) is 2.67. The van der Waals surface area contributed by atoms with Crippen molar-refractivity contribution in [1.29, 1.82) is 0 Å². The Morgan fingerprint density at radius 3 is 2.67 bits per heavy atom. The van der Waals surface area contributed by atoms with Crippen molar-refractivity contribution < 1.29 is 14.4 Å². The summed E-state index contributed by atoms with van der Waals surface area (Å²) < 4.78 is 0. The lowest BCUT2D eigenvalue weighted by Crippen LogP contribution is -2.40. The Morgan fingerprint density at radius 2 is 1.94 bits per heavy atom. The second-order valence-electron chi connectivity index (χ2n) is 4.78. The van der Waals surface area contributed by atoms with Gasteiger partial charge < -0.3 is 0 Å². The van der Waals surface area contributed by atoms with Gasteiger partial charge in [0, 0.05) is 17.6 Å². The van der Waals surface area contributed by atoms with E-state index in [1.165, 1.54) is 17.1 Å². The number of nitrogens with zero attached hydrogens (tertiary/aromatic N) is 1. The monoisotopic (exact) mass is 243 g/mol. The van der Waals surface area contributed by atoms with Gasteiger partial charge in [-0.25, -0.2) is 0 Å². The number of carbonyl (C=O) groups is 3. The largest absolute Gasteiger partial charge is 0.294 e. The number of hydrogen-bond donors (Lipinski definition) is 0. The van der Waals surface area contributed by atoms with E-state index in [-0.39, 0.29) is 30.1 Å². The lowest BCUT2D eigenvalue weighted by Gasteiger charge is -2.26. The van der Waals surface area contributed by atoms with Crippen molar-refractivity contribution in [2.45, 2.75) is 31.7 Å². The predicted octanol–water partition coefficient (Wildman–Crippen LogP) is 1.29. The summed E-state index contributed by atoms with van der Waals surface area (Å²) in [6.45, 7) is 0. The molecule has 2 aliphatic carbocycles. The molecule has 18 heavy (non-hydrogen) atoms. The number of carbonyl (C=O) groups excluding carboxylic acids is 3. The first-order chi connectivity index (χ1) is 8.68. The van der Waals surface area contributed by atoms with E-state index in [0.717, 1.165) is 19.3 Å². The van der Waals surface area contributed by atoms with E-state index in [1.54, 1.807) is 0 Å². The molecule has 4 nitrogen and oxygen atoms in total. The SMILES string of the molecule is O=C1C=CC2=C(C1)C(=O)N(C1C=CCCC1)C2=O. The summed E-state index contributed by atoms with van der Waals surface area (Å²) in [6.07, 6.45) is 9.64. The molecule has 0 spiro atoms. The van der Waals surface area contributed by atoms with E-state index >= 15 is 0 Å². The normalized spacial score (nSPS) is 27.2. The van der Waals surface area contributed by atoms with Crippen LogP contribution in [-0.2, 0) is 14.4 Å². The Hall–Kier alpha value is -1.97. The third kappa shape index (κ3) is 1.56. The van der Waals surface area contributed by atoms with Gasteiger partial charge in [-0.05, 0) is 31.4 Å². The van der Waals surface area contributed by atoms with Gasteiger partial charge in [0.2, 0.25) is 0 Å². The van der Waals surface area contributed by atoms with Gasteiger partial charge >= 0.3 is 0 Å². The topological polar surface area (TPSA) is 54.5 Å². The first kappa shape index (κ1) is 11.1. The molecule has 4 heteroatoms. The van der Waals surface area contributed by atoms with Gasteiger partial charge in [-0.1, -0.05) is 12.2 Å². The third-order valence-electron chi connectivity index (χ3n) is 3.60. The molecule has 3 rings (SSSR count). The van der Waals surface area contributed by atoms with Crippen LogP contribution in [0.2, 0.25) is 0 Å². The molecule has 0 saturated carbocycles. The molecule has 0 bridgehead atoms. The summed E-state index contributed by atoms with van der Waals surface area (Å²) in [7, 11) is 0. The molecule has 0 radical (unpaired) electrons. The smallest absolute Gasteiger partial charge is 0.261 e. The van der Waals surface area contributed by atoms with Crippen molar-refractivity contribution >= 4 is 17.6 Å². The number of amides is 2. The van der Waals surface area contributed by atoms with Crippen LogP contribution in [0.5, 0.6) is 0 Å². The maximum absolute atomic E-state index is 12.2. The highest BCUT2D eigenvalue weighted by Gasteiger charge is 2.41. The van der Waals surface area contributed by atoms with E-state index in [1.807, 2.05) is 12.2 Å². The number of ketones is 1. The Labute approximate surface area is 105 Å². The number of allylic oxidation sites excluding steroid dienone is 2. The summed E-state index contributed by atoms with van der Waals surface area (Å²) in [5.41, 5.74) is 0.769. The van der Waals surface area contributed by atoms with Crippen molar-refractivity contribution in [2.24, 2.45) is 0 Å². The molecular formula is C14H13NO3. The molecule has 1 heterocycles. The highest BCUT2D eigenvalue weighted by Crippen LogP contribution is 2.31. The van der Waals surface area contributed by atoms with E-state index in [4.69, 9.17) is 0 Å². The predicted molar refractivity (Wildman–Crippen MR) is 64.4 cm³/mol. The Morgan fingerprint density at radius 1 is 1.11 bits per heavy atom. The zero-order valence-electron chi connectivity index (χ0n) is 9.89. The third-order valence-corrected chi connectivity index (χ3v) is 3.60. The summed E-state index contributed by atoms with van der Waals surface area (Å²) >= 11 is 0. The van der Waals surface area contributed by atoms with Crippen LogP contribution >= 0.6 is 0 Å². The van der Waals surface area contributed by atoms with Crippen LogP contribution in [0.4, 0.5) is 0 Å². The second kappa shape index (κ2) is 4.05. The maximum Gasteiger partial charge on any atom is 0.261 e. The number of imide groups is 1. The van der Waals surface area contributed by atoms with Crippen molar-refractivity contribution in [3.63, 3.8) is 0 Å². The molecule has 0 fully saturated rings. The number of rotatable bonds is 1. The minimum Gasteiger partial charge on any atom is -0.294 e. The molecule has 0 aromatic rings.